The van der Waals surface area contributed by atoms with E-state index >= 15 is 0 Å². The number of phenolic OH excluding ortho intramolecular Hbond substituents is 3. The Balaban J connectivity index is 0.000000402. The van der Waals surface area contributed by atoms with Gasteiger partial charge in [0.25, 0.3) is 0 Å². The Bertz CT molecular complexity index is 1120. The average Bonchev–Trinajstić information content (AvgIpc) is 3.03. The molecule has 4 rings (SSSR count). The van der Waals surface area contributed by atoms with Gasteiger partial charge in [0, 0.05) is 0 Å². The van der Waals surface area contributed by atoms with Gasteiger partial charge in [-0.1, -0.05) is 0 Å². The number of ether oxygens (including phenoxy) is 5. The van der Waals surface area contributed by atoms with Crippen LogP contribution in [0.5, 0.6) is 17.2 Å². The summed E-state index contributed by atoms with van der Waals surface area (Å²) in [7, 11) is 0. The zero-order valence-electron chi connectivity index (χ0n) is 24.0. The molecule has 3 aliphatic heterocycles. The maximum atomic E-state index is 10.8. The first-order chi connectivity index (χ1) is 21.6. The molecule has 2 unspecified atom stereocenters. The SMILES string of the molecule is N[C@H]1[C@H](OC2[C@@H](CO)O[C@@H](OC3[C@@H](CO)O[C@@H](O)[C@H](N)[C@H]3O)[C@H](N)[C@H]2O)O[C@H](CO)[C@@H](O)[C@@H]1O.O=C(O)c1cc(O)c(O)c(O)c1. The fourth-order valence-corrected chi connectivity index (χ4v) is 4.91. The molecule has 0 bridgehead atoms. The number of aliphatic hydroxyl groups is 8. The molecule has 3 fully saturated rings. The summed E-state index contributed by atoms with van der Waals surface area (Å²) in [6.45, 7) is -2.00. The van der Waals surface area contributed by atoms with Crippen LogP contribution in [0.3, 0.4) is 0 Å². The maximum absolute atomic E-state index is 10.8. The Hall–Kier alpha value is -2.55. The summed E-state index contributed by atoms with van der Waals surface area (Å²) in [5, 5.41) is 115. The fraction of sp³-hybridized carbons (Fsp3) is 0.720. The Labute approximate surface area is 260 Å². The lowest BCUT2D eigenvalue weighted by atomic mass is 9.94. The molecular weight excluding hydrogens is 630 g/mol. The smallest absolute Gasteiger partial charge is 0.335 e. The Morgan fingerprint density at radius 3 is 1.52 bits per heavy atom. The van der Waals surface area contributed by atoms with Crippen molar-refractivity contribution in [3.63, 3.8) is 0 Å². The van der Waals surface area contributed by atoms with Gasteiger partial charge in [-0.15, -0.1) is 0 Å². The van der Waals surface area contributed by atoms with Gasteiger partial charge in [0.2, 0.25) is 0 Å². The molecule has 3 heterocycles. The Morgan fingerprint density at radius 2 is 1.07 bits per heavy atom. The van der Waals surface area contributed by atoms with E-state index in [0.29, 0.717) is 0 Å². The van der Waals surface area contributed by atoms with Crippen LogP contribution in [-0.2, 0) is 23.7 Å². The van der Waals surface area contributed by atoms with E-state index in [1.807, 2.05) is 0 Å². The Morgan fingerprint density at radius 1 is 0.652 bits per heavy atom. The molecule has 0 aromatic heterocycles. The maximum Gasteiger partial charge on any atom is 0.335 e. The number of aromatic carboxylic acids is 1. The average molecular weight is 672 g/mol. The third-order valence-corrected chi connectivity index (χ3v) is 7.65. The summed E-state index contributed by atoms with van der Waals surface area (Å²) < 4.78 is 27.4. The number of carboxylic acids is 1. The molecule has 0 saturated carbocycles. The van der Waals surface area contributed by atoms with Gasteiger partial charge in [-0.05, 0) is 12.1 Å². The lowest BCUT2D eigenvalue weighted by molar-refractivity contribution is -0.348. The van der Waals surface area contributed by atoms with E-state index in [9.17, 15) is 45.6 Å². The lowest BCUT2D eigenvalue weighted by Gasteiger charge is -2.48. The summed E-state index contributed by atoms with van der Waals surface area (Å²) in [5.41, 5.74) is 17.3. The number of hydrogen-bond acceptors (Lipinski definition) is 20. The van der Waals surface area contributed by atoms with E-state index in [4.69, 9.17) is 61.3 Å². The summed E-state index contributed by atoms with van der Waals surface area (Å²) in [5.74, 6) is -3.33. The number of nitrogens with two attached hydrogens (primary N) is 3. The molecule has 46 heavy (non-hydrogen) atoms. The van der Waals surface area contributed by atoms with Crippen LogP contribution in [-0.4, -0.2) is 179 Å². The van der Waals surface area contributed by atoms with Gasteiger partial charge in [-0.25, -0.2) is 4.79 Å². The molecule has 3 saturated heterocycles. The van der Waals surface area contributed by atoms with Gasteiger partial charge in [0.05, 0.1) is 43.5 Å². The zero-order chi connectivity index (χ0) is 34.6. The number of carboxylic acid groups (broad SMARTS) is 1. The quantitative estimate of drug-likeness (QED) is 0.114. The summed E-state index contributed by atoms with van der Waals surface area (Å²) in [6, 6.07) is -2.18. The van der Waals surface area contributed by atoms with E-state index < -0.39 is 135 Å². The van der Waals surface area contributed by atoms with E-state index in [1.54, 1.807) is 0 Å². The number of carbonyl (C=O) groups is 1. The van der Waals surface area contributed by atoms with Crippen molar-refractivity contribution in [1.29, 1.82) is 0 Å². The molecule has 21 nitrogen and oxygen atoms in total. The second kappa shape index (κ2) is 16.0. The molecule has 3 aliphatic rings. The van der Waals surface area contributed by atoms with Gasteiger partial charge in [-0.3, -0.25) is 0 Å². The summed E-state index contributed by atoms with van der Waals surface area (Å²) >= 11 is 0. The first-order valence-corrected chi connectivity index (χ1v) is 13.8. The topological polar surface area (TPSA) is 384 Å². The van der Waals surface area contributed by atoms with Crippen LogP contribution < -0.4 is 17.2 Å². The number of hydrogen-bond donors (Lipinski definition) is 15. The van der Waals surface area contributed by atoms with Gasteiger partial charge >= 0.3 is 5.97 Å². The van der Waals surface area contributed by atoms with Crippen molar-refractivity contribution in [3.05, 3.63) is 17.7 Å². The molecule has 0 spiro atoms. The summed E-state index contributed by atoms with van der Waals surface area (Å²) in [4.78, 5) is 10.3. The van der Waals surface area contributed by atoms with Crippen LogP contribution in [0.2, 0.25) is 0 Å². The van der Waals surface area contributed by atoms with E-state index in [-0.39, 0.29) is 5.56 Å². The number of aliphatic hydroxyl groups excluding tert-OH is 8. The molecule has 1 aromatic carbocycles. The highest BCUT2D eigenvalue weighted by Gasteiger charge is 2.52. The zero-order valence-corrected chi connectivity index (χ0v) is 24.0. The van der Waals surface area contributed by atoms with E-state index in [0.717, 1.165) is 12.1 Å². The van der Waals surface area contributed by atoms with Crippen LogP contribution >= 0.6 is 0 Å². The standard InChI is InChI=1S/C18H35N3O13.C7H6O5/c19-7-12(27)14(5(2-23)30-16(7)29)33-18-9(21)13(28)15(6(3-24)32-18)34-17-8(20)11(26)10(25)4(1-22)31-17;8-4-1-3(7(11)12)2-5(9)6(4)10/h4-18,22-29H,1-3,19-21H2;1-2,8-10H,(H,11,12)/t4-,5-,6-,7-,8-,9-,10-,11-,12-,13-,14?,15?,16-,17+,18+;/m1./s1. The van der Waals surface area contributed by atoms with E-state index in [1.165, 1.54) is 0 Å². The monoisotopic (exact) mass is 671 g/mol. The van der Waals surface area contributed by atoms with Crippen molar-refractivity contribution in [2.75, 3.05) is 19.8 Å². The number of rotatable bonds is 8. The van der Waals surface area contributed by atoms with Gasteiger partial charge < -0.3 is 102 Å². The van der Waals surface area contributed by atoms with Crippen LogP contribution in [0.15, 0.2) is 12.1 Å². The summed E-state index contributed by atoms with van der Waals surface area (Å²) in [6.07, 6.45) is -16.8. The second-order valence-electron chi connectivity index (χ2n) is 10.8. The van der Waals surface area contributed by atoms with Crippen LogP contribution in [0, 0.1) is 0 Å². The highest BCUT2D eigenvalue weighted by atomic mass is 16.7. The molecular formula is C25H41N3O18. The molecule has 1 aromatic rings. The largest absolute Gasteiger partial charge is 0.504 e. The van der Waals surface area contributed by atoms with E-state index in [2.05, 4.69) is 0 Å². The number of phenols is 3. The first-order valence-electron chi connectivity index (χ1n) is 13.8. The first kappa shape index (κ1) is 37.9. The predicted molar refractivity (Wildman–Crippen MR) is 146 cm³/mol. The fourth-order valence-electron chi connectivity index (χ4n) is 4.91. The molecule has 0 radical (unpaired) electrons. The van der Waals surface area contributed by atoms with Crippen LogP contribution in [0.1, 0.15) is 10.4 Å². The normalized spacial score (nSPS) is 41.3. The molecule has 0 aliphatic carbocycles. The van der Waals surface area contributed by atoms with Crippen molar-refractivity contribution in [2.45, 2.75) is 91.9 Å². The van der Waals surface area contributed by atoms with Crippen LogP contribution in [0.25, 0.3) is 0 Å². The predicted octanol–water partition coefficient (Wildman–Crippen LogP) is -7.17. The minimum atomic E-state index is -1.56. The van der Waals surface area contributed by atoms with Gasteiger partial charge in [0.15, 0.2) is 36.1 Å². The minimum absolute atomic E-state index is 0.289. The van der Waals surface area contributed by atoms with Gasteiger partial charge in [-0.2, -0.15) is 0 Å². The van der Waals surface area contributed by atoms with Gasteiger partial charge in [0.1, 0.15) is 54.9 Å². The lowest BCUT2D eigenvalue weighted by Crippen LogP contribution is -2.69. The minimum Gasteiger partial charge on any atom is -0.504 e. The molecule has 18 N–H and O–H groups in total. The third-order valence-electron chi connectivity index (χ3n) is 7.65. The van der Waals surface area contributed by atoms with Crippen molar-refractivity contribution in [1.82, 2.24) is 0 Å². The van der Waals surface area contributed by atoms with Crippen molar-refractivity contribution >= 4 is 5.97 Å². The van der Waals surface area contributed by atoms with Crippen molar-refractivity contribution in [2.24, 2.45) is 17.2 Å². The van der Waals surface area contributed by atoms with Crippen LogP contribution in [0.4, 0.5) is 0 Å². The highest BCUT2D eigenvalue weighted by Crippen LogP contribution is 2.35. The molecule has 15 atom stereocenters. The third kappa shape index (κ3) is 8.11. The number of aromatic hydroxyl groups is 3. The molecule has 0 amide bonds. The molecule has 21 heteroatoms. The molecule has 264 valence electrons. The van der Waals surface area contributed by atoms with Crippen molar-refractivity contribution in [3.8, 4) is 17.2 Å². The van der Waals surface area contributed by atoms with Crippen molar-refractivity contribution < 1.29 is 89.8 Å². The second-order valence-corrected chi connectivity index (χ2v) is 10.8. The Kier molecular flexibility index (Phi) is 13.2. The number of benzene rings is 1. The highest BCUT2D eigenvalue weighted by molar-refractivity contribution is 5.89.